The minimum Gasteiger partial charge on any atom is -0.493 e. The van der Waals surface area contributed by atoms with Gasteiger partial charge in [-0.2, -0.15) is 0 Å². The monoisotopic (exact) mass is 429 g/mol. The first-order chi connectivity index (χ1) is 15.0. The van der Waals surface area contributed by atoms with Crippen LogP contribution in [-0.2, 0) is 22.4 Å². The van der Waals surface area contributed by atoms with E-state index in [1.54, 1.807) is 28.4 Å². The van der Waals surface area contributed by atoms with Gasteiger partial charge in [-0.1, -0.05) is 6.07 Å². The third-order valence-corrected chi connectivity index (χ3v) is 5.82. The Morgan fingerprint density at radius 3 is 2.19 bits per heavy atom. The maximum Gasteiger partial charge on any atom is 0.306 e. The van der Waals surface area contributed by atoms with E-state index in [2.05, 4.69) is 23.1 Å². The molecule has 3 rings (SSSR count). The highest BCUT2D eigenvalue weighted by molar-refractivity contribution is 5.69. The summed E-state index contributed by atoms with van der Waals surface area (Å²) >= 11 is 0. The molecule has 1 atom stereocenters. The highest BCUT2D eigenvalue weighted by Gasteiger charge is 2.30. The topological polar surface area (TPSA) is 66.5 Å². The average Bonchev–Trinajstić information content (AvgIpc) is 2.82. The van der Waals surface area contributed by atoms with Gasteiger partial charge in [0.1, 0.15) is 0 Å². The van der Waals surface area contributed by atoms with Gasteiger partial charge in [-0.25, -0.2) is 0 Å². The average molecular weight is 430 g/mol. The van der Waals surface area contributed by atoms with E-state index in [4.69, 9.17) is 23.7 Å². The Morgan fingerprint density at radius 2 is 1.55 bits per heavy atom. The lowest BCUT2D eigenvalue weighted by Gasteiger charge is -2.38. The number of hydrogen-bond donors (Lipinski definition) is 0. The summed E-state index contributed by atoms with van der Waals surface area (Å²) < 4.78 is 26.8. The van der Waals surface area contributed by atoms with E-state index in [0.29, 0.717) is 30.2 Å². The zero-order chi connectivity index (χ0) is 22.4. The number of nitrogens with zero attached hydrogens (tertiary/aromatic N) is 1. The Hall–Kier alpha value is -2.93. The minimum absolute atomic E-state index is 0.0753. The lowest BCUT2D eigenvalue weighted by Crippen LogP contribution is -2.38. The van der Waals surface area contributed by atoms with Crippen LogP contribution in [0.25, 0.3) is 0 Å². The first-order valence-corrected chi connectivity index (χ1v) is 10.3. The number of esters is 1. The van der Waals surface area contributed by atoms with Crippen LogP contribution in [0.5, 0.6) is 23.0 Å². The normalized spacial score (nSPS) is 15.7. The van der Waals surface area contributed by atoms with Crippen LogP contribution in [0.4, 0.5) is 0 Å². The van der Waals surface area contributed by atoms with Crippen molar-refractivity contribution in [3.05, 3.63) is 47.0 Å². The molecule has 0 saturated carbocycles. The fraction of sp³-hybridized carbons (Fsp3) is 0.458. The van der Waals surface area contributed by atoms with Crippen LogP contribution in [0.3, 0.4) is 0 Å². The second kappa shape index (κ2) is 10.4. The third kappa shape index (κ3) is 5.05. The Bertz CT molecular complexity index is 913. The number of carbonyl (C=O) groups is 1. The molecule has 0 N–H and O–H groups in total. The first-order valence-electron chi connectivity index (χ1n) is 10.3. The van der Waals surface area contributed by atoms with Crippen molar-refractivity contribution < 1.29 is 28.5 Å². The molecule has 7 nitrogen and oxygen atoms in total. The second-order valence-electron chi connectivity index (χ2n) is 7.43. The summed E-state index contributed by atoms with van der Waals surface area (Å²) in [4.78, 5) is 14.1. The highest BCUT2D eigenvalue weighted by Crippen LogP contribution is 2.40. The van der Waals surface area contributed by atoms with Crippen molar-refractivity contribution in [3.8, 4) is 23.0 Å². The van der Waals surface area contributed by atoms with E-state index < -0.39 is 0 Å². The van der Waals surface area contributed by atoms with Crippen LogP contribution in [0.15, 0.2) is 30.3 Å². The highest BCUT2D eigenvalue weighted by atomic mass is 16.5. The minimum atomic E-state index is -0.206. The van der Waals surface area contributed by atoms with Gasteiger partial charge in [0.15, 0.2) is 23.0 Å². The molecule has 2 aromatic carbocycles. The molecule has 0 spiro atoms. The number of fused-ring (bicyclic) bond motifs is 1. The number of methoxy groups -OCH3 is 5. The number of benzene rings is 2. The fourth-order valence-corrected chi connectivity index (χ4v) is 4.15. The van der Waals surface area contributed by atoms with Gasteiger partial charge in [-0.3, -0.25) is 9.69 Å². The van der Waals surface area contributed by atoms with E-state index in [-0.39, 0.29) is 12.0 Å². The number of rotatable bonds is 9. The zero-order valence-electron chi connectivity index (χ0n) is 18.9. The molecule has 0 radical (unpaired) electrons. The molecule has 1 aliphatic rings. The molecule has 0 bridgehead atoms. The van der Waals surface area contributed by atoms with Crippen LogP contribution in [0.1, 0.15) is 29.2 Å². The van der Waals surface area contributed by atoms with Gasteiger partial charge in [-0.15, -0.1) is 0 Å². The molecular formula is C24H31NO6. The summed E-state index contributed by atoms with van der Waals surface area (Å²) in [5, 5.41) is 0. The molecule has 1 unspecified atom stereocenters. The van der Waals surface area contributed by atoms with E-state index in [9.17, 15) is 4.79 Å². The van der Waals surface area contributed by atoms with E-state index >= 15 is 0 Å². The van der Waals surface area contributed by atoms with Crippen LogP contribution >= 0.6 is 0 Å². The van der Waals surface area contributed by atoms with Crippen molar-refractivity contribution in [2.24, 2.45) is 0 Å². The van der Waals surface area contributed by atoms with E-state index in [0.717, 1.165) is 30.7 Å². The molecule has 1 heterocycles. The quantitative estimate of drug-likeness (QED) is 0.566. The van der Waals surface area contributed by atoms with Crippen molar-refractivity contribution in [1.29, 1.82) is 0 Å². The maximum atomic E-state index is 11.8. The summed E-state index contributed by atoms with van der Waals surface area (Å²) in [5.41, 5.74) is 3.54. The predicted molar refractivity (Wildman–Crippen MR) is 117 cm³/mol. The summed E-state index contributed by atoms with van der Waals surface area (Å²) in [7, 11) is 7.98. The van der Waals surface area contributed by atoms with Gasteiger partial charge in [0.2, 0.25) is 0 Å². The molecular weight excluding hydrogens is 398 g/mol. The Balaban J connectivity index is 1.97. The largest absolute Gasteiger partial charge is 0.493 e. The van der Waals surface area contributed by atoms with Crippen molar-refractivity contribution in [2.45, 2.75) is 25.3 Å². The molecule has 168 valence electrons. The summed E-state index contributed by atoms with van der Waals surface area (Å²) in [6.45, 7) is 1.47. The van der Waals surface area contributed by atoms with Gasteiger partial charge >= 0.3 is 5.97 Å². The zero-order valence-corrected chi connectivity index (χ0v) is 18.9. The van der Waals surface area contributed by atoms with Crippen molar-refractivity contribution in [2.75, 3.05) is 48.6 Å². The molecule has 0 fully saturated rings. The first kappa shape index (κ1) is 22.7. The van der Waals surface area contributed by atoms with E-state index in [1.807, 2.05) is 12.1 Å². The number of ether oxygens (including phenoxy) is 5. The smallest absolute Gasteiger partial charge is 0.306 e. The summed E-state index contributed by atoms with van der Waals surface area (Å²) in [6.07, 6.45) is 1.98. The lowest BCUT2D eigenvalue weighted by molar-refractivity contribution is -0.141. The molecule has 0 aromatic heterocycles. The van der Waals surface area contributed by atoms with Crippen LogP contribution in [-0.4, -0.2) is 59.5 Å². The van der Waals surface area contributed by atoms with Crippen molar-refractivity contribution in [1.82, 2.24) is 4.90 Å². The van der Waals surface area contributed by atoms with Gasteiger partial charge in [0.05, 0.1) is 42.0 Å². The van der Waals surface area contributed by atoms with Crippen LogP contribution in [0, 0.1) is 0 Å². The van der Waals surface area contributed by atoms with Gasteiger partial charge in [0, 0.05) is 19.1 Å². The fourth-order valence-electron chi connectivity index (χ4n) is 4.15. The predicted octanol–water partition coefficient (Wildman–Crippen LogP) is 3.43. The van der Waals surface area contributed by atoms with Gasteiger partial charge in [-0.05, 0) is 53.8 Å². The molecule has 31 heavy (non-hydrogen) atoms. The summed E-state index contributed by atoms with van der Waals surface area (Å²) in [6, 6.07) is 10.2. The number of carbonyl (C=O) groups excluding carboxylic acids is 1. The molecule has 1 aliphatic heterocycles. The lowest BCUT2D eigenvalue weighted by atomic mass is 9.88. The number of hydrogen-bond acceptors (Lipinski definition) is 7. The second-order valence-corrected chi connectivity index (χ2v) is 7.43. The summed E-state index contributed by atoms with van der Waals surface area (Å²) in [5.74, 6) is 2.62. The molecule has 0 saturated heterocycles. The van der Waals surface area contributed by atoms with Crippen molar-refractivity contribution in [3.63, 3.8) is 0 Å². The molecule has 0 amide bonds. The third-order valence-electron chi connectivity index (χ3n) is 5.82. The Labute approximate surface area is 183 Å². The van der Waals surface area contributed by atoms with E-state index in [1.165, 1.54) is 18.2 Å². The molecule has 2 aromatic rings. The van der Waals surface area contributed by atoms with Crippen LogP contribution < -0.4 is 18.9 Å². The Kier molecular flexibility index (Phi) is 7.63. The standard InChI is InChI=1S/C24H31NO6/c1-27-20-7-6-16(13-21(20)28-2)12-19-18-15-23(30-4)22(29-3)14-17(18)8-10-25(19)11-9-24(26)31-5/h6-7,13-15,19H,8-12H2,1-5H3. The SMILES string of the molecule is COC(=O)CCN1CCc2cc(OC)c(OC)cc2C1Cc1ccc(OC)c(OC)c1. The Morgan fingerprint density at radius 1 is 0.903 bits per heavy atom. The van der Waals surface area contributed by atoms with Gasteiger partial charge in [0.25, 0.3) is 0 Å². The van der Waals surface area contributed by atoms with Gasteiger partial charge < -0.3 is 23.7 Å². The molecule has 7 heteroatoms. The van der Waals surface area contributed by atoms with Crippen LogP contribution in [0.2, 0.25) is 0 Å². The van der Waals surface area contributed by atoms with Crippen molar-refractivity contribution >= 4 is 5.97 Å². The molecule has 0 aliphatic carbocycles. The maximum absolute atomic E-state index is 11.8.